The van der Waals surface area contributed by atoms with Gasteiger partial charge in [-0.2, -0.15) is 5.06 Å². The SMILES string of the molecule is Cc1cn([C@@H]2C[C@@H]([C@H]3COC(C)(C)O3)N(C)O2)c(=O)[nH]c1=O. The standard InChI is InChI=1S/C14H21N3O5/c1-8-6-17(13(19)15-12(8)18)11-5-9(16(4)22-11)10-7-20-14(2,3)21-10/h6,9-11H,5,7H2,1-4H3,(H,15,18,19)/t9-,10+,11-/m0/s1. The monoisotopic (exact) mass is 311 g/mol. The van der Waals surface area contributed by atoms with Gasteiger partial charge in [-0.05, 0) is 20.8 Å². The van der Waals surface area contributed by atoms with Crippen molar-refractivity contribution in [2.24, 2.45) is 0 Å². The molecule has 1 aromatic rings. The summed E-state index contributed by atoms with van der Waals surface area (Å²) in [6, 6.07) is -0.0223. The first-order valence-corrected chi connectivity index (χ1v) is 7.30. The number of nitrogens with one attached hydrogen (secondary N) is 1. The highest BCUT2D eigenvalue weighted by Gasteiger charge is 2.44. The summed E-state index contributed by atoms with van der Waals surface area (Å²) in [7, 11) is 1.81. The summed E-state index contributed by atoms with van der Waals surface area (Å²) in [6.07, 6.45) is 1.51. The molecule has 0 aromatic carbocycles. The van der Waals surface area contributed by atoms with Gasteiger partial charge in [-0.25, -0.2) is 4.79 Å². The van der Waals surface area contributed by atoms with Crippen molar-refractivity contribution in [3.8, 4) is 0 Å². The van der Waals surface area contributed by atoms with Gasteiger partial charge < -0.3 is 9.47 Å². The molecule has 0 unspecified atom stereocenters. The van der Waals surface area contributed by atoms with Crippen LogP contribution < -0.4 is 11.2 Å². The van der Waals surface area contributed by atoms with Crippen LogP contribution >= 0.6 is 0 Å². The zero-order chi connectivity index (χ0) is 16.1. The Kier molecular flexibility index (Phi) is 3.72. The molecule has 1 N–H and O–H groups in total. The van der Waals surface area contributed by atoms with Crippen LogP contribution in [0.4, 0.5) is 0 Å². The van der Waals surface area contributed by atoms with Crippen LogP contribution in [0, 0.1) is 6.92 Å². The van der Waals surface area contributed by atoms with Gasteiger partial charge in [0.25, 0.3) is 5.56 Å². The molecule has 22 heavy (non-hydrogen) atoms. The smallest absolute Gasteiger partial charge is 0.330 e. The summed E-state index contributed by atoms with van der Waals surface area (Å²) in [6.45, 7) is 5.88. The Balaban J connectivity index is 1.81. The van der Waals surface area contributed by atoms with E-state index in [-0.39, 0.29) is 17.7 Å². The van der Waals surface area contributed by atoms with Gasteiger partial charge in [-0.15, -0.1) is 0 Å². The van der Waals surface area contributed by atoms with Crippen molar-refractivity contribution in [1.82, 2.24) is 14.6 Å². The van der Waals surface area contributed by atoms with Crippen molar-refractivity contribution in [1.29, 1.82) is 0 Å². The minimum Gasteiger partial charge on any atom is -0.348 e. The number of aryl methyl sites for hydroxylation is 1. The van der Waals surface area contributed by atoms with Crippen LogP contribution in [-0.4, -0.2) is 46.2 Å². The Bertz CT molecular complexity index is 680. The number of aromatic amines is 1. The molecule has 2 saturated heterocycles. The van der Waals surface area contributed by atoms with Crippen molar-refractivity contribution in [2.75, 3.05) is 13.7 Å². The third-order valence-electron chi connectivity index (χ3n) is 4.11. The van der Waals surface area contributed by atoms with Crippen molar-refractivity contribution in [3.63, 3.8) is 0 Å². The lowest BCUT2D eigenvalue weighted by Crippen LogP contribution is -2.38. The first kappa shape index (κ1) is 15.4. The predicted octanol–water partition coefficient (Wildman–Crippen LogP) is 0.131. The molecule has 0 amide bonds. The Morgan fingerprint density at radius 1 is 1.36 bits per heavy atom. The molecule has 0 radical (unpaired) electrons. The van der Waals surface area contributed by atoms with E-state index in [1.165, 1.54) is 10.8 Å². The van der Waals surface area contributed by atoms with Crippen LogP contribution in [-0.2, 0) is 14.3 Å². The van der Waals surface area contributed by atoms with E-state index >= 15 is 0 Å². The third kappa shape index (κ3) is 2.74. The molecule has 3 atom stereocenters. The average molecular weight is 311 g/mol. The first-order valence-electron chi connectivity index (χ1n) is 7.30. The fourth-order valence-electron chi connectivity index (χ4n) is 2.92. The van der Waals surface area contributed by atoms with Gasteiger partial charge in [0, 0.05) is 25.2 Å². The number of H-pyrrole nitrogens is 1. The maximum Gasteiger partial charge on any atom is 0.330 e. The van der Waals surface area contributed by atoms with Crippen LogP contribution in [0.2, 0.25) is 0 Å². The van der Waals surface area contributed by atoms with Crippen LogP contribution in [0.15, 0.2) is 15.8 Å². The van der Waals surface area contributed by atoms with E-state index in [0.717, 1.165) is 0 Å². The van der Waals surface area contributed by atoms with Gasteiger partial charge in [0.1, 0.15) is 6.10 Å². The molecule has 2 fully saturated rings. The minimum atomic E-state index is -0.602. The maximum atomic E-state index is 12.0. The zero-order valence-corrected chi connectivity index (χ0v) is 13.2. The number of aromatic nitrogens is 2. The van der Waals surface area contributed by atoms with Gasteiger partial charge in [0.05, 0.1) is 12.6 Å². The molecular formula is C14H21N3O5. The second kappa shape index (κ2) is 5.31. The molecule has 0 aliphatic carbocycles. The molecule has 2 aliphatic heterocycles. The fraction of sp³-hybridized carbons (Fsp3) is 0.714. The van der Waals surface area contributed by atoms with Crippen molar-refractivity contribution in [3.05, 3.63) is 32.6 Å². The molecular weight excluding hydrogens is 290 g/mol. The van der Waals surface area contributed by atoms with Gasteiger partial charge >= 0.3 is 5.69 Å². The van der Waals surface area contributed by atoms with E-state index in [9.17, 15) is 9.59 Å². The summed E-state index contributed by atoms with van der Waals surface area (Å²) >= 11 is 0. The van der Waals surface area contributed by atoms with E-state index in [1.807, 2.05) is 20.9 Å². The number of ether oxygens (including phenoxy) is 2. The molecule has 2 aliphatic rings. The highest BCUT2D eigenvalue weighted by molar-refractivity contribution is 5.02. The second-order valence-corrected chi connectivity index (χ2v) is 6.26. The van der Waals surface area contributed by atoms with Gasteiger partial charge in [0.15, 0.2) is 12.0 Å². The van der Waals surface area contributed by atoms with E-state index in [2.05, 4.69) is 4.98 Å². The maximum absolute atomic E-state index is 12.0. The summed E-state index contributed by atoms with van der Waals surface area (Å²) in [4.78, 5) is 31.5. The quantitative estimate of drug-likeness (QED) is 0.835. The fourth-order valence-corrected chi connectivity index (χ4v) is 2.92. The minimum absolute atomic E-state index is 0.0223. The lowest BCUT2D eigenvalue weighted by Gasteiger charge is -2.23. The zero-order valence-electron chi connectivity index (χ0n) is 13.2. The number of hydrogen-bond donors (Lipinski definition) is 1. The highest BCUT2D eigenvalue weighted by Crippen LogP contribution is 2.34. The second-order valence-electron chi connectivity index (χ2n) is 6.26. The summed E-state index contributed by atoms with van der Waals surface area (Å²) in [5.74, 6) is -0.602. The van der Waals surface area contributed by atoms with Crippen LogP contribution in [0.3, 0.4) is 0 Å². The van der Waals surface area contributed by atoms with Crippen molar-refractivity contribution >= 4 is 0 Å². The normalized spacial score (nSPS) is 31.7. The lowest BCUT2D eigenvalue weighted by atomic mass is 10.1. The Morgan fingerprint density at radius 2 is 2.09 bits per heavy atom. The highest BCUT2D eigenvalue weighted by atomic mass is 16.8. The Morgan fingerprint density at radius 3 is 2.73 bits per heavy atom. The van der Waals surface area contributed by atoms with Crippen molar-refractivity contribution < 1.29 is 14.3 Å². The molecule has 3 heterocycles. The van der Waals surface area contributed by atoms with Crippen LogP contribution in [0.1, 0.15) is 32.1 Å². The van der Waals surface area contributed by atoms with E-state index in [0.29, 0.717) is 18.6 Å². The number of likely N-dealkylation sites (N-methyl/N-ethyl adjacent to an activating group) is 1. The van der Waals surface area contributed by atoms with E-state index < -0.39 is 17.7 Å². The van der Waals surface area contributed by atoms with Crippen LogP contribution in [0.5, 0.6) is 0 Å². The number of rotatable bonds is 2. The van der Waals surface area contributed by atoms with E-state index in [1.54, 1.807) is 12.0 Å². The van der Waals surface area contributed by atoms with Crippen molar-refractivity contribution in [2.45, 2.75) is 51.4 Å². The molecule has 0 spiro atoms. The third-order valence-corrected chi connectivity index (χ3v) is 4.11. The van der Waals surface area contributed by atoms with E-state index in [4.69, 9.17) is 14.3 Å². The summed E-state index contributed by atoms with van der Waals surface area (Å²) in [5.41, 5.74) is -0.382. The summed E-state index contributed by atoms with van der Waals surface area (Å²) < 4.78 is 12.9. The topological polar surface area (TPSA) is 85.8 Å². The molecule has 1 aromatic heterocycles. The number of hydroxylamine groups is 2. The molecule has 8 heteroatoms. The molecule has 0 bridgehead atoms. The van der Waals surface area contributed by atoms with Gasteiger partial charge in [0.2, 0.25) is 0 Å². The molecule has 122 valence electrons. The average Bonchev–Trinajstić information content (AvgIpc) is 2.96. The van der Waals surface area contributed by atoms with Crippen LogP contribution in [0.25, 0.3) is 0 Å². The Hall–Kier alpha value is -1.48. The largest absolute Gasteiger partial charge is 0.348 e. The predicted molar refractivity (Wildman–Crippen MR) is 77.3 cm³/mol. The van der Waals surface area contributed by atoms with Gasteiger partial charge in [-0.3, -0.25) is 19.2 Å². The first-order chi connectivity index (χ1) is 10.3. The van der Waals surface area contributed by atoms with Gasteiger partial charge in [-0.1, -0.05) is 0 Å². The summed E-state index contributed by atoms with van der Waals surface area (Å²) in [5, 5.41) is 1.70. The lowest BCUT2D eigenvalue weighted by molar-refractivity contribution is -0.190. The Labute approximate surface area is 127 Å². The molecule has 8 nitrogen and oxygen atoms in total. The number of nitrogens with zero attached hydrogens (tertiary/aromatic N) is 2. The molecule has 0 saturated carbocycles. The number of hydrogen-bond acceptors (Lipinski definition) is 6. The molecule has 3 rings (SSSR count).